The van der Waals surface area contributed by atoms with Gasteiger partial charge in [-0.3, -0.25) is 4.68 Å². The van der Waals surface area contributed by atoms with Crippen molar-refractivity contribution < 1.29 is 68.4 Å². The van der Waals surface area contributed by atoms with Crippen LogP contribution in [0.2, 0.25) is 0 Å². The molecule has 0 aliphatic carbocycles. The monoisotopic (exact) mass is 789 g/mol. The number of piperidine rings is 2. The number of aromatic nitrogens is 2. The van der Waals surface area contributed by atoms with Crippen LogP contribution in [-0.2, 0) is 16.6 Å². The Kier molecular flexibility index (Phi) is 15.8. The number of nitrogens with one attached hydrogen (secondary N) is 2. The van der Waals surface area contributed by atoms with Gasteiger partial charge in [0.2, 0.25) is 0 Å². The van der Waals surface area contributed by atoms with Gasteiger partial charge >= 0.3 is 30.5 Å². The maximum absolute atomic E-state index is 14.6. The van der Waals surface area contributed by atoms with Crippen molar-refractivity contribution in [3.63, 3.8) is 0 Å². The first-order valence-corrected chi connectivity index (χ1v) is 16.9. The lowest BCUT2D eigenvalue weighted by Crippen LogP contribution is -2.34. The summed E-state index contributed by atoms with van der Waals surface area (Å²) >= 11 is 0. The lowest BCUT2D eigenvalue weighted by molar-refractivity contribution is -0.193. The van der Waals surface area contributed by atoms with Crippen LogP contribution < -0.4 is 20.3 Å². The summed E-state index contributed by atoms with van der Waals surface area (Å²) < 4.78 is 123. The van der Waals surface area contributed by atoms with Crippen molar-refractivity contribution in [1.29, 1.82) is 0 Å². The number of benzene rings is 2. The van der Waals surface area contributed by atoms with Gasteiger partial charge in [-0.1, -0.05) is 18.2 Å². The largest absolute Gasteiger partial charge is 0.490 e. The van der Waals surface area contributed by atoms with E-state index in [1.165, 1.54) is 31.7 Å². The molecule has 0 saturated carbocycles. The molecule has 2 aliphatic heterocycles. The van der Waals surface area contributed by atoms with Crippen LogP contribution in [0.25, 0.3) is 22.0 Å². The predicted molar refractivity (Wildman–Crippen MR) is 178 cm³/mol. The molecular weight excluding hydrogens is 748 g/mol. The Labute approximate surface area is 303 Å². The molecule has 4 N–H and O–H groups in total. The van der Waals surface area contributed by atoms with Crippen molar-refractivity contribution in [2.45, 2.75) is 57.1 Å². The second-order valence-electron chi connectivity index (χ2n) is 12.8. The molecule has 54 heavy (non-hydrogen) atoms. The van der Waals surface area contributed by atoms with Crippen molar-refractivity contribution in [3.8, 4) is 16.9 Å². The molecular formula is C34H41F10N5O5. The second-order valence-corrected chi connectivity index (χ2v) is 12.8. The summed E-state index contributed by atoms with van der Waals surface area (Å²) in [5.74, 6) is -4.40. The van der Waals surface area contributed by atoms with Crippen LogP contribution in [0.4, 0.5) is 49.7 Å². The number of nitrogens with zero attached hydrogens (tertiary/aromatic N) is 3. The number of alkyl halides is 9. The number of rotatable bonds is 10. The number of carboxylic acid groups (broad SMARTS) is 2. The first-order valence-electron chi connectivity index (χ1n) is 16.9. The minimum atomic E-state index is -5.08. The molecule has 20 heteroatoms. The summed E-state index contributed by atoms with van der Waals surface area (Å²) in [7, 11) is 1.88. The standard InChI is InChI=1S/C30H39F4N5O.2C2HF3O2/c1-38-27-19-23(24-3-2-4-26(31)28(24)40-20-30(32,33)34)5-6-25(27)29(37-38)39(17-11-21-7-13-35-14-8-21)18-12-22-9-15-36-16-10-22;2*3-2(4,5)1(6)7/h2-6,19,21-22,35-36H,7-18,20H2,1H3;2*(H,6,7). The maximum atomic E-state index is 14.6. The zero-order valence-corrected chi connectivity index (χ0v) is 29.1. The number of fused-ring (bicyclic) bond motifs is 1. The number of hydrogen-bond acceptors (Lipinski definition) is 7. The molecule has 3 heterocycles. The molecule has 0 bridgehead atoms. The molecule has 2 fully saturated rings. The third-order valence-electron chi connectivity index (χ3n) is 8.81. The maximum Gasteiger partial charge on any atom is 0.490 e. The number of para-hydroxylation sites is 1. The quantitative estimate of drug-likeness (QED) is 0.158. The molecule has 0 atom stereocenters. The normalized spacial score (nSPS) is 15.8. The number of carbonyl (C=O) groups is 2. The summed E-state index contributed by atoms with van der Waals surface area (Å²) in [4.78, 5) is 20.2. The molecule has 3 aromatic rings. The van der Waals surface area contributed by atoms with E-state index in [-0.39, 0.29) is 5.56 Å². The minimum Gasteiger partial charge on any atom is -0.480 e. The molecule has 302 valence electrons. The summed E-state index contributed by atoms with van der Waals surface area (Å²) in [5, 5.41) is 27.1. The van der Waals surface area contributed by atoms with E-state index < -0.39 is 48.6 Å². The highest BCUT2D eigenvalue weighted by atomic mass is 19.4. The fraction of sp³-hybridized carbons (Fsp3) is 0.559. The molecule has 0 unspecified atom stereocenters. The van der Waals surface area contributed by atoms with E-state index in [1.807, 2.05) is 29.9 Å². The van der Waals surface area contributed by atoms with Crippen molar-refractivity contribution >= 4 is 28.7 Å². The van der Waals surface area contributed by atoms with Gasteiger partial charge in [0.1, 0.15) is 0 Å². The van der Waals surface area contributed by atoms with Crippen LogP contribution in [0.1, 0.15) is 38.5 Å². The van der Waals surface area contributed by atoms with Crippen LogP contribution >= 0.6 is 0 Å². The molecule has 5 rings (SSSR count). The van der Waals surface area contributed by atoms with E-state index >= 15 is 0 Å². The molecule has 2 saturated heterocycles. The molecule has 10 nitrogen and oxygen atoms in total. The van der Waals surface area contributed by atoms with E-state index in [0.29, 0.717) is 17.4 Å². The van der Waals surface area contributed by atoms with Crippen LogP contribution in [0, 0.1) is 17.7 Å². The van der Waals surface area contributed by atoms with Crippen LogP contribution in [0.3, 0.4) is 0 Å². The number of aryl methyl sites for hydroxylation is 1. The van der Waals surface area contributed by atoms with Crippen molar-refractivity contribution in [2.75, 3.05) is 50.8 Å². The van der Waals surface area contributed by atoms with Gasteiger partial charge in [-0.2, -0.15) is 44.6 Å². The Hall–Kier alpha value is -4.33. The first kappa shape index (κ1) is 44.1. The number of hydrogen-bond donors (Lipinski definition) is 4. The highest BCUT2D eigenvalue weighted by Crippen LogP contribution is 2.37. The van der Waals surface area contributed by atoms with Gasteiger partial charge in [-0.05, 0) is 100 Å². The Bertz CT molecular complexity index is 1620. The van der Waals surface area contributed by atoms with Crippen LogP contribution in [0.5, 0.6) is 5.75 Å². The second kappa shape index (κ2) is 19.3. The highest BCUT2D eigenvalue weighted by Gasteiger charge is 2.39. The Morgan fingerprint density at radius 3 is 1.76 bits per heavy atom. The zero-order chi connectivity index (χ0) is 40.3. The summed E-state index contributed by atoms with van der Waals surface area (Å²) in [6.45, 7) is 4.61. The number of anilines is 1. The van der Waals surface area contributed by atoms with E-state index in [2.05, 4.69) is 15.5 Å². The molecule has 1 aromatic heterocycles. The average molecular weight is 790 g/mol. The highest BCUT2D eigenvalue weighted by molar-refractivity contribution is 5.94. The van der Waals surface area contributed by atoms with Gasteiger partial charge < -0.3 is 30.5 Å². The molecule has 0 amide bonds. The third-order valence-corrected chi connectivity index (χ3v) is 8.81. The Balaban J connectivity index is 0.000000476. The lowest BCUT2D eigenvalue weighted by Gasteiger charge is -2.30. The Morgan fingerprint density at radius 1 is 0.833 bits per heavy atom. The van der Waals surface area contributed by atoms with Gasteiger partial charge in [0, 0.05) is 31.1 Å². The van der Waals surface area contributed by atoms with E-state index in [4.69, 9.17) is 29.6 Å². The van der Waals surface area contributed by atoms with Gasteiger partial charge in [0.05, 0.1) is 5.52 Å². The smallest absolute Gasteiger partial charge is 0.480 e. The average Bonchev–Trinajstić information content (AvgIpc) is 3.43. The molecule has 0 spiro atoms. The van der Waals surface area contributed by atoms with Crippen LogP contribution in [0.15, 0.2) is 36.4 Å². The molecule has 2 aliphatic rings. The van der Waals surface area contributed by atoms with E-state index in [9.17, 15) is 43.9 Å². The van der Waals surface area contributed by atoms with Gasteiger partial charge in [0.25, 0.3) is 0 Å². The topological polar surface area (TPSA) is 129 Å². The predicted octanol–water partition coefficient (Wildman–Crippen LogP) is 7.17. The molecule has 2 aromatic carbocycles. The number of aliphatic carboxylic acids is 2. The number of carboxylic acids is 2. The van der Waals surface area contributed by atoms with Crippen molar-refractivity contribution in [1.82, 2.24) is 20.4 Å². The number of halogens is 10. The lowest BCUT2D eigenvalue weighted by atomic mass is 9.93. The van der Waals surface area contributed by atoms with E-state index in [1.54, 1.807) is 6.07 Å². The molecule has 0 radical (unpaired) electrons. The van der Waals surface area contributed by atoms with Gasteiger partial charge in [-0.15, -0.1) is 0 Å². The fourth-order valence-electron chi connectivity index (χ4n) is 6.02. The van der Waals surface area contributed by atoms with Gasteiger partial charge in [0.15, 0.2) is 24.0 Å². The summed E-state index contributed by atoms with van der Waals surface area (Å²) in [6.07, 6.45) is -7.71. The minimum absolute atomic E-state index is 0.280. The first-order chi connectivity index (χ1) is 25.2. The third kappa shape index (κ3) is 13.8. The number of ether oxygens (including phenoxy) is 1. The fourth-order valence-corrected chi connectivity index (χ4v) is 6.02. The van der Waals surface area contributed by atoms with E-state index in [0.717, 1.165) is 74.9 Å². The SMILES string of the molecule is Cn1nc(N(CCC2CCNCC2)CCC2CCNCC2)c2ccc(-c3cccc(F)c3OCC(F)(F)F)cc21.O=C(O)C(F)(F)F.O=C(O)C(F)(F)F. The zero-order valence-electron chi connectivity index (χ0n) is 29.1. The summed E-state index contributed by atoms with van der Waals surface area (Å²) in [6, 6.07) is 9.80. The van der Waals surface area contributed by atoms with Gasteiger partial charge in [-0.25, -0.2) is 14.0 Å². The van der Waals surface area contributed by atoms with Crippen molar-refractivity contribution in [3.05, 3.63) is 42.2 Å². The Morgan fingerprint density at radius 2 is 1.31 bits per heavy atom. The van der Waals surface area contributed by atoms with Crippen LogP contribution in [-0.4, -0.2) is 96.3 Å². The van der Waals surface area contributed by atoms with Crippen molar-refractivity contribution in [2.24, 2.45) is 18.9 Å². The summed E-state index contributed by atoms with van der Waals surface area (Å²) in [5.41, 5.74) is 1.70.